The fraction of sp³-hybridized carbons (Fsp3) is 0.333. The molecule has 1 aromatic rings. The number of methoxy groups -OCH3 is 1. The van der Waals surface area contributed by atoms with Crippen LogP contribution in [0.2, 0.25) is 0 Å². The largest absolute Gasteiger partial charge is 0.495 e. The van der Waals surface area contributed by atoms with E-state index in [2.05, 4.69) is 5.32 Å². The first-order valence-electron chi connectivity index (χ1n) is 5.52. The van der Waals surface area contributed by atoms with Crippen molar-refractivity contribution in [1.29, 1.82) is 0 Å². The molecule has 2 rings (SSSR count). The van der Waals surface area contributed by atoms with E-state index in [4.69, 9.17) is 9.84 Å². The Morgan fingerprint density at radius 1 is 1.50 bits per heavy atom. The van der Waals surface area contributed by atoms with Gasteiger partial charge in [-0.3, -0.25) is 4.79 Å². The maximum absolute atomic E-state index is 11.5. The minimum atomic E-state index is -1.04. The van der Waals surface area contributed by atoms with E-state index < -0.39 is 12.0 Å². The van der Waals surface area contributed by atoms with Gasteiger partial charge in [0, 0.05) is 6.54 Å². The zero-order valence-electron chi connectivity index (χ0n) is 9.92. The highest BCUT2D eigenvalue weighted by Crippen LogP contribution is 2.28. The third kappa shape index (κ3) is 2.37. The van der Waals surface area contributed by atoms with Crippen LogP contribution in [0, 0.1) is 0 Å². The van der Waals surface area contributed by atoms with Gasteiger partial charge in [-0.1, -0.05) is 12.1 Å². The lowest BCUT2D eigenvalue weighted by Crippen LogP contribution is -2.57. The highest BCUT2D eigenvalue weighted by molar-refractivity contribution is 5.89. The summed E-state index contributed by atoms with van der Waals surface area (Å²) >= 11 is 0. The van der Waals surface area contributed by atoms with Gasteiger partial charge in [0.2, 0.25) is 5.91 Å². The minimum absolute atomic E-state index is 0.129. The molecule has 0 aliphatic carbocycles. The minimum Gasteiger partial charge on any atom is -0.495 e. The number of carboxylic acids is 1. The normalized spacial score (nSPS) is 19.3. The van der Waals surface area contributed by atoms with Gasteiger partial charge in [0.05, 0.1) is 19.3 Å². The number of carboxylic acid groups (broad SMARTS) is 1. The fourth-order valence-corrected chi connectivity index (χ4v) is 1.96. The third-order valence-corrected chi connectivity index (χ3v) is 2.80. The Morgan fingerprint density at radius 3 is 2.89 bits per heavy atom. The molecule has 2 N–H and O–H groups in total. The van der Waals surface area contributed by atoms with Crippen LogP contribution >= 0.6 is 0 Å². The Labute approximate surface area is 104 Å². The van der Waals surface area contributed by atoms with Crippen molar-refractivity contribution in [2.75, 3.05) is 25.1 Å². The maximum atomic E-state index is 11.5. The number of nitrogens with zero attached hydrogens (tertiary/aromatic N) is 1. The molecule has 6 nitrogen and oxygen atoms in total. The van der Waals surface area contributed by atoms with Crippen LogP contribution in [0.1, 0.15) is 0 Å². The number of piperazine rings is 1. The Kier molecular flexibility index (Phi) is 3.36. The number of para-hydroxylation sites is 2. The van der Waals surface area contributed by atoms with Gasteiger partial charge in [0.1, 0.15) is 11.8 Å². The van der Waals surface area contributed by atoms with Gasteiger partial charge in [-0.2, -0.15) is 0 Å². The van der Waals surface area contributed by atoms with Crippen LogP contribution in [0.5, 0.6) is 5.75 Å². The van der Waals surface area contributed by atoms with Crippen LogP contribution in [-0.4, -0.2) is 43.2 Å². The molecule has 1 aliphatic heterocycles. The van der Waals surface area contributed by atoms with Crippen molar-refractivity contribution in [2.24, 2.45) is 0 Å². The predicted octanol–water partition coefficient (Wildman–Crippen LogP) is 0.0846. The number of amides is 1. The second-order valence-corrected chi connectivity index (χ2v) is 4.01. The number of carbonyl (C=O) groups excluding carboxylic acids is 1. The first kappa shape index (κ1) is 12.2. The topological polar surface area (TPSA) is 78.9 Å². The number of nitrogens with one attached hydrogen (secondary N) is 1. The second-order valence-electron chi connectivity index (χ2n) is 4.01. The molecule has 1 aromatic carbocycles. The molecule has 1 amide bonds. The summed E-state index contributed by atoms with van der Waals surface area (Å²) in [6.45, 7) is 0.353. The number of rotatable bonds is 3. The molecular weight excluding hydrogens is 236 g/mol. The highest BCUT2D eigenvalue weighted by atomic mass is 16.5. The average molecular weight is 250 g/mol. The Bertz CT molecular complexity index is 475. The molecule has 1 aliphatic rings. The first-order chi connectivity index (χ1) is 8.61. The van der Waals surface area contributed by atoms with Crippen LogP contribution in [-0.2, 0) is 9.59 Å². The van der Waals surface area contributed by atoms with E-state index in [0.717, 1.165) is 5.69 Å². The summed E-state index contributed by atoms with van der Waals surface area (Å²) in [6, 6.07) is 6.32. The molecule has 1 saturated heterocycles. The smallest absolute Gasteiger partial charge is 0.328 e. The SMILES string of the molecule is COc1ccccc1N1CC(=O)NC(C(=O)O)C1. The molecule has 1 heterocycles. The molecular formula is C12H14N2O4. The van der Waals surface area contributed by atoms with E-state index in [0.29, 0.717) is 5.75 Å². The first-order valence-corrected chi connectivity index (χ1v) is 5.52. The van der Waals surface area contributed by atoms with Gasteiger partial charge >= 0.3 is 5.97 Å². The summed E-state index contributed by atoms with van der Waals surface area (Å²) in [7, 11) is 1.54. The van der Waals surface area contributed by atoms with Crippen LogP contribution in [0.25, 0.3) is 0 Å². The molecule has 0 bridgehead atoms. The van der Waals surface area contributed by atoms with Crippen LogP contribution in [0.3, 0.4) is 0 Å². The van der Waals surface area contributed by atoms with E-state index in [1.807, 2.05) is 12.1 Å². The molecule has 0 saturated carbocycles. The predicted molar refractivity (Wildman–Crippen MR) is 64.8 cm³/mol. The summed E-state index contributed by atoms with van der Waals surface area (Å²) in [6.07, 6.45) is 0. The number of hydrogen-bond acceptors (Lipinski definition) is 4. The van der Waals surface area contributed by atoms with Crippen molar-refractivity contribution < 1.29 is 19.4 Å². The molecule has 1 unspecified atom stereocenters. The lowest BCUT2D eigenvalue weighted by atomic mass is 10.1. The second kappa shape index (κ2) is 4.95. The molecule has 1 fully saturated rings. The number of hydrogen-bond donors (Lipinski definition) is 2. The number of ether oxygens (including phenoxy) is 1. The van der Waals surface area contributed by atoms with Crippen molar-refractivity contribution in [3.63, 3.8) is 0 Å². The number of aliphatic carboxylic acids is 1. The van der Waals surface area contributed by atoms with Crippen molar-refractivity contribution >= 4 is 17.6 Å². The molecule has 0 aromatic heterocycles. The lowest BCUT2D eigenvalue weighted by molar-refractivity contribution is -0.142. The zero-order chi connectivity index (χ0) is 13.1. The van der Waals surface area contributed by atoms with Crippen LogP contribution in [0.15, 0.2) is 24.3 Å². The number of benzene rings is 1. The molecule has 96 valence electrons. The van der Waals surface area contributed by atoms with E-state index >= 15 is 0 Å². The monoisotopic (exact) mass is 250 g/mol. The van der Waals surface area contributed by atoms with Gasteiger partial charge < -0.3 is 20.1 Å². The van der Waals surface area contributed by atoms with Gasteiger partial charge in [0.25, 0.3) is 0 Å². The summed E-state index contributed by atoms with van der Waals surface area (Å²) < 4.78 is 5.21. The average Bonchev–Trinajstić information content (AvgIpc) is 2.38. The molecule has 1 atom stereocenters. The maximum Gasteiger partial charge on any atom is 0.328 e. The van der Waals surface area contributed by atoms with Crippen molar-refractivity contribution in [3.05, 3.63) is 24.3 Å². The molecule has 0 radical (unpaired) electrons. The van der Waals surface area contributed by atoms with Crippen molar-refractivity contribution in [1.82, 2.24) is 5.32 Å². The van der Waals surface area contributed by atoms with E-state index in [1.165, 1.54) is 7.11 Å². The van der Waals surface area contributed by atoms with Gasteiger partial charge in [-0.25, -0.2) is 4.79 Å². The van der Waals surface area contributed by atoms with Gasteiger partial charge in [-0.05, 0) is 12.1 Å². The number of carbonyl (C=O) groups is 2. The number of anilines is 1. The van der Waals surface area contributed by atoms with E-state index in [-0.39, 0.29) is 19.0 Å². The Morgan fingerprint density at radius 2 is 2.22 bits per heavy atom. The van der Waals surface area contributed by atoms with Crippen molar-refractivity contribution in [2.45, 2.75) is 6.04 Å². The molecule has 18 heavy (non-hydrogen) atoms. The van der Waals surface area contributed by atoms with E-state index in [1.54, 1.807) is 17.0 Å². The molecule has 0 spiro atoms. The fourth-order valence-electron chi connectivity index (χ4n) is 1.96. The summed E-state index contributed by atoms with van der Waals surface area (Å²) in [5.41, 5.74) is 0.723. The quantitative estimate of drug-likeness (QED) is 0.794. The third-order valence-electron chi connectivity index (χ3n) is 2.80. The zero-order valence-corrected chi connectivity index (χ0v) is 9.92. The van der Waals surface area contributed by atoms with E-state index in [9.17, 15) is 9.59 Å². The lowest BCUT2D eigenvalue weighted by Gasteiger charge is -2.33. The molecule has 6 heteroatoms. The Balaban J connectivity index is 2.26. The highest BCUT2D eigenvalue weighted by Gasteiger charge is 2.30. The van der Waals surface area contributed by atoms with Crippen LogP contribution < -0.4 is 15.0 Å². The summed E-state index contributed by atoms with van der Waals surface area (Å²) in [5, 5.41) is 11.4. The van der Waals surface area contributed by atoms with Crippen LogP contribution in [0.4, 0.5) is 5.69 Å². The standard InChI is InChI=1S/C12H14N2O4/c1-18-10-5-3-2-4-9(10)14-6-8(12(16)17)13-11(15)7-14/h2-5,8H,6-7H2,1H3,(H,13,15)(H,16,17). The summed E-state index contributed by atoms with van der Waals surface area (Å²) in [4.78, 5) is 24.2. The van der Waals surface area contributed by atoms with Gasteiger partial charge in [-0.15, -0.1) is 0 Å². The summed E-state index contributed by atoms with van der Waals surface area (Å²) in [5.74, 6) is -0.723. The Hall–Kier alpha value is -2.24. The van der Waals surface area contributed by atoms with Gasteiger partial charge in [0.15, 0.2) is 0 Å². The van der Waals surface area contributed by atoms with Crippen molar-refractivity contribution in [3.8, 4) is 5.75 Å².